The zero-order valence-corrected chi connectivity index (χ0v) is 18.8. The molecule has 0 radical (unpaired) electrons. The van der Waals surface area contributed by atoms with E-state index in [2.05, 4.69) is 65.7 Å². The topological polar surface area (TPSA) is 65.5 Å². The van der Waals surface area contributed by atoms with Crippen LogP contribution in [0, 0.1) is 6.92 Å². The summed E-state index contributed by atoms with van der Waals surface area (Å²) in [5.74, 6) is -0.235. The third-order valence-electron chi connectivity index (χ3n) is 6.94. The van der Waals surface area contributed by atoms with E-state index in [0.29, 0.717) is 12.5 Å². The summed E-state index contributed by atoms with van der Waals surface area (Å²) >= 11 is 0. The molecular formula is C26H28N4O2. The lowest BCUT2D eigenvalue weighted by molar-refractivity contribution is -0.121. The Morgan fingerprint density at radius 2 is 1.94 bits per heavy atom. The number of nitrogens with zero attached hydrogens (tertiary/aromatic N) is 3. The number of benzene rings is 2. The normalized spacial score (nSPS) is 20.6. The van der Waals surface area contributed by atoms with Crippen molar-refractivity contribution in [2.45, 2.75) is 51.7 Å². The van der Waals surface area contributed by atoms with Gasteiger partial charge in [-0.2, -0.15) is 0 Å². The molecule has 0 spiro atoms. The van der Waals surface area contributed by atoms with Crippen molar-refractivity contribution in [2.24, 2.45) is 0 Å². The first-order valence-corrected chi connectivity index (χ1v) is 11.2. The molecule has 3 aromatic rings. The van der Waals surface area contributed by atoms with E-state index in [9.17, 15) is 9.59 Å². The van der Waals surface area contributed by atoms with Gasteiger partial charge in [-0.3, -0.25) is 15.1 Å². The van der Waals surface area contributed by atoms with Crippen LogP contribution < -0.4 is 10.2 Å². The zero-order valence-electron chi connectivity index (χ0n) is 18.8. The number of hydrogen-bond donors (Lipinski definition) is 1. The van der Waals surface area contributed by atoms with Gasteiger partial charge in [-0.15, -0.1) is 0 Å². The number of aryl methyl sites for hydroxylation is 2. The Bertz CT molecular complexity index is 1220. The Morgan fingerprint density at radius 3 is 2.72 bits per heavy atom. The highest BCUT2D eigenvalue weighted by atomic mass is 16.2. The van der Waals surface area contributed by atoms with Crippen LogP contribution in [0.4, 0.5) is 10.5 Å². The fourth-order valence-electron chi connectivity index (χ4n) is 4.88. The molecule has 0 bridgehead atoms. The van der Waals surface area contributed by atoms with Crippen LogP contribution in [-0.2, 0) is 24.2 Å². The van der Waals surface area contributed by atoms with Gasteiger partial charge in [0.1, 0.15) is 6.04 Å². The molecule has 1 aromatic heterocycles. The quantitative estimate of drug-likeness (QED) is 0.639. The van der Waals surface area contributed by atoms with Crippen molar-refractivity contribution in [3.05, 3.63) is 70.9 Å². The highest BCUT2D eigenvalue weighted by Crippen LogP contribution is 2.32. The first-order valence-electron chi connectivity index (χ1n) is 11.2. The van der Waals surface area contributed by atoms with Crippen LogP contribution in [0.1, 0.15) is 35.7 Å². The Labute approximate surface area is 188 Å². The fraction of sp³-hybridized carbons (Fsp3) is 0.346. The van der Waals surface area contributed by atoms with Gasteiger partial charge >= 0.3 is 6.03 Å². The van der Waals surface area contributed by atoms with Crippen LogP contribution in [0.25, 0.3) is 10.9 Å². The van der Waals surface area contributed by atoms with Gasteiger partial charge in [-0.1, -0.05) is 24.3 Å². The largest absolute Gasteiger partial charge is 0.363 e. The Balaban J connectivity index is 1.41. The minimum atomic E-state index is -0.466. The number of aromatic nitrogens is 1. The molecule has 164 valence electrons. The number of anilines is 1. The Morgan fingerprint density at radius 1 is 1.12 bits per heavy atom. The van der Waals surface area contributed by atoms with Gasteiger partial charge in [0, 0.05) is 30.6 Å². The van der Waals surface area contributed by atoms with Gasteiger partial charge in [0.25, 0.3) is 5.91 Å². The minimum absolute atomic E-state index is 0.235. The molecule has 0 aliphatic carbocycles. The molecular weight excluding hydrogens is 400 g/mol. The number of likely N-dealkylation sites (N-methyl/N-ethyl adjacent to an activating group) is 1. The number of hydrogen-bond acceptors (Lipinski definition) is 4. The first-order chi connectivity index (χ1) is 15.4. The first kappa shape index (κ1) is 20.5. The van der Waals surface area contributed by atoms with Crippen LogP contribution in [0.3, 0.4) is 0 Å². The third kappa shape index (κ3) is 3.60. The molecule has 32 heavy (non-hydrogen) atoms. The lowest BCUT2D eigenvalue weighted by Crippen LogP contribution is -2.36. The van der Waals surface area contributed by atoms with E-state index in [1.165, 1.54) is 16.2 Å². The predicted molar refractivity (Wildman–Crippen MR) is 126 cm³/mol. The second kappa shape index (κ2) is 7.93. The summed E-state index contributed by atoms with van der Waals surface area (Å²) in [6, 6.07) is 16.7. The van der Waals surface area contributed by atoms with Gasteiger partial charge in [0.15, 0.2) is 0 Å². The number of amides is 3. The van der Waals surface area contributed by atoms with E-state index in [4.69, 9.17) is 4.98 Å². The molecule has 3 amide bonds. The fourth-order valence-corrected chi connectivity index (χ4v) is 4.88. The van der Waals surface area contributed by atoms with Crippen molar-refractivity contribution in [1.82, 2.24) is 15.2 Å². The molecule has 2 aromatic carbocycles. The van der Waals surface area contributed by atoms with Crippen molar-refractivity contribution in [2.75, 3.05) is 11.9 Å². The number of fused-ring (bicyclic) bond motifs is 2. The van der Waals surface area contributed by atoms with Crippen molar-refractivity contribution in [3.8, 4) is 0 Å². The van der Waals surface area contributed by atoms with Crippen molar-refractivity contribution in [3.63, 3.8) is 0 Å². The van der Waals surface area contributed by atoms with E-state index in [1.54, 1.807) is 7.05 Å². The van der Waals surface area contributed by atoms with Crippen LogP contribution in [0.15, 0.2) is 48.5 Å². The summed E-state index contributed by atoms with van der Waals surface area (Å²) < 4.78 is 0. The molecule has 1 saturated heterocycles. The van der Waals surface area contributed by atoms with Crippen molar-refractivity contribution in [1.29, 1.82) is 0 Å². The highest BCUT2D eigenvalue weighted by Gasteiger charge is 2.35. The molecule has 0 saturated carbocycles. The summed E-state index contributed by atoms with van der Waals surface area (Å²) in [6.07, 6.45) is 2.78. The van der Waals surface area contributed by atoms with Gasteiger partial charge in [-0.05, 0) is 67.6 Å². The van der Waals surface area contributed by atoms with Gasteiger partial charge < -0.3 is 9.80 Å². The molecule has 6 nitrogen and oxygen atoms in total. The second-order valence-electron chi connectivity index (χ2n) is 9.04. The summed E-state index contributed by atoms with van der Waals surface area (Å²) in [5.41, 5.74) is 6.88. The Hall–Kier alpha value is -3.41. The standard InChI is InChI=1S/C26H28N4O2/c1-16-12-22-19(13-20(16)14-24-25(31)28-26(32)29(24)3)10-11-21(27-22)15-30-17(2)8-9-18-6-4-5-7-23(18)30/h4-7,10-13,17,24H,8-9,14-15H2,1-3H3,(H,28,31,32). The highest BCUT2D eigenvalue weighted by molar-refractivity contribution is 6.04. The number of carbonyl (C=O) groups is 2. The smallest absolute Gasteiger partial charge is 0.324 e. The van der Waals surface area contributed by atoms with E-state index < -0.39 is 6.04 Å². The summed E-state index contributed by atoms with van der Waals surface area (Å²) in [4.78, 5) is 32.8. The number of pyridine rings is 1. The summed E-state index contributed by atoms with van der Waals surface area (Å²) in [6.45, 7) is 5.11. The Kier molecular flexibility index (Phi) is 5.08. The number of nitrogens with one attached hydrogen (secondary N) is 1. The number of rotatable bonds is 4. The van der Waals surface area contributed by atoms with E-state index >= 15 is 0 Å². The number of urea groups is 1. The molecule has 1 N–H and O–H groups in total. The molecule has 2 unspecified atom stereocenters. The predicted octanol–water partition coefficient (Wildman–Crippen LogP) is 3.98. The van der Waals surface area contributed by atoms with Crippen molar-refractivity contribution < 1.29 is 9.59 Å². The molecule has 3 heterocycles. The van der Waals surface area contributed by atoms with Crippen LogP contribution in [0.2, 0.25) is 0 Å². The van der Waals surface area contributed by atoms with Gasteiger partial charge in [-0.25, -0.2) is 4.79 Å². The maximum absolute atomic E-state index is 12.1. The zero-order chi connectivity index (χ0) is 22.4. The molecule has 6 heteroatoms. The molecule has 1 fully saturated rings. The van der Waals surface area contributed by atoms with Crippen LogP contribution >= 0.6 is 0 Å². The number of imide groups is 1. The van der Waals surface area contributed by atoms with Gasteiger partial charge in [0.2, 0.25) is 0 Å². The maximum Gasteiger partial charge on any atom is 0.324 e. The van der Waals surface area contributed by atoms with Crippen molar-refractivity contribution >= 4 is 28.5 Å². The lowest BCUT2D eigenvalue weighted by atomic mass is 9.96. The maximum atomic E-state index is 12.1. The number of carbonyl (C=O) groups excluding carboxylic acids is 2. The van der Waals surface area contributed by atoms with Crippen LogP contribution in [0.5, 0.6) is 0 Å². The minimum Gasteiger partial charge on any atom is -0.363 e. The molecule has 2 atom stereocenters. The van der Waals surface area contributed by atoms with E-state index in [-0.39, 0.29) is 11.9 Å². The molecule has 2 aliphatic heterocycles. The summed E-state index contributed by atoms with van der Waals surface area (Å²) in [5, 5.41) is 3.43. The van der Waals surface area contributed by atoms with Gasteiger partial charge in [0.05, 0.1) is 17.8 Å². The monoisotopic (exact) mass is 428 g/mol. The van der Waals surface area contributed by atoms with E-state index in [0.717, 1.165) is 47.1 Å². The average Bonchev–Trinajstić information content (AvgIpc) is 3.02. The lowest BCUT2D eigenvalue weighted by Gasteiger charge is -2.37. The SMILES string of the molecule is Cc1cc2nc(CN3c4ccccc4CCC3C)ccc2cc1CC1C(=O)NC(=O)N1C. The molecule has 2 aliphatic rings. The number of para-hydroxylation sites is 1. The van der Waals surface area contributed by atoms with Crippen LogP contribution in [-0.4, -0.2) is 41.0 Å². The molecule has 5 rings (SSSR count). The third-order valence-corrected chi connectivity index (χ3v) is 6.94. The van der Waals surface area contributed by atoms with E-state index in [1.807, 2.05) is 6.92 Å². The second-order valence-corrected chi connectivity index (χ2v) is 9.04. The average molecular weight is 429 g/mol. The summed E-state index contributed by atoms with van der Waals surface area (Å²) in [7, 11) is 1.66.